The van der Waals surface area contributed by atoms with Crippen molar-refractivity contribution in [3.05, 3.63) is 57.1 Å². The van der Waals surface area contributed by atoms with Gasteiger partial charge >= 0.3 is 0 Å². The summed E-state index contributed by atoms with van der Waals surface area (Å²) in [5, 5.41) is 15.3. The van der Waals surface area contributed by atoms with Gasteiger partial charge in [-0.2, -0.15) is 0 Å². The van der Waals surface area contributed by atoms with E-state index in [-0.39, 0.29) is 23.1 Å². The molecule has 2 aromatic rings. The van der Waals surface area contributed by atoms with Gasteiger partial charge in [0.15, 0.2) is 0 Å². The van der Waals surface area contributed by atoms with Crippen LogP contribution in [0.4, 0.5) is 22.7 Å². The molecule has 198 valence electrons. The number of anilines is 3. The molecule has 4 rings (SSSR count). The summed E-state index contributed by atoms with van der Waals surface area (Å²) >= 11 is 6.56. The fraction of sp³-hybridized carbons (Fsp3) is 0.481. The molecule has 2 heterocycles. The Hall–Kier alpha value is -3.33. The van der Waals surface area contributed by atoms with E-state index in [1.54, 1.807) is 30.3 Å². The lowest BCUT2D eigenvalue weighted by molar-refractivity contribution is -0.384. The first kappa shape index (κ1) is 26.7. The summed E-state index contributed by atoms with van der Waals surface area (Å²) < 4.78 is 0. The van der Waals surface area contributed by atoms with Crippen LogP contribution in [-0.4, -0.2) is 60.9 Å². The molecule has 0 bridgehead atoms. The normalized spacial score (nSPS) is 16.7. The Morgan fingerprint density at radius 3 is 2.32 bits per heavy atom. The highest BCUT2D eigenvalue weighted by Gasteiger charge is 2.27. The van der Waals surface area contributed by atoms with E-state index in [0.29, 0.717) is 54.2 Å². The molecule has 2 amide bonds. The SMILES string of the molecule is CC1CCN(c2ccc(C(=O)Nc3cccc(Cl)c3N3CCN(C(=O)C(C)C)CC3)cc2[N+](=O)[O-])CC1. The molecule has 0 spiro atoms. The zero-order valence-electron chi connectivity index (χ0n) is 21.6. The Morgan fingerprint density at radius 2 is 1.70 bits per heavy atom. The van der Waals surface area contributed by atoms with Crippen LogP contribution in [0.25, 0.3) is 0 Å². The van der Waals surface area contributed by atoms with Crippen LogP contribution in [0.5, 0.6) is 0 Å². The molecule has 1 N–H and O–H groups in total. The zero-order valence-corrected chi connectivity index (χ0v) is 22.3. The third-order valence-corrected chi connectivity index (χ3v) is 7.50. The highest BCUT2D eigenvalue weighted by Crippen LogP contribution is 2.36. The average molecular weight is 528 g/mol. The zero-order chi connectivity index (χ0) is 26.7. The Morgan fingerprint density at radius 1 is 1.03 bits per heavy atom. The van der Waals surface area contributed by atoms with E-state index < -0.39 is 10.8 Å². The minimum Gasteiger partial charge on any atom is -0.366 e. The summed E-state index contributed by atoms with van der Waals surface area (Å²) in [6.07, 6.45) is 1.97. The molecule has 2 saturated heterocycles. The number of nitrogens with one attached hydrogen (secondary N) is 1. The van der Waals surface area contributed by atoms with Crippen LogP contribution in [0, 0.1) is 22.0 Å². The molecule has 2 aliphatic heterocycles. The van der Waals surface area contributed by atoms with Gasteiger partial charge in [-0.3, -0.25) is 19.7 Å². The number of nitro groups is 1. The molecule has 0 unspecified atom stereocenters. The molecule has 37 heavy (non-hydrogen) atoms. The van der Waals surface area contributed by atoms with Gasteiger partial charge in [0, 0.05) is 56.8 Å². The summed E-state index contributed by atoms with van der Waals surface area (Å²) in [4.78, 5) is 43.0. The number of benzene rings is 2. The second-order valence-corrected chi connectivity index (χ2v) is 10.6. The second-order valence-electron chi connectivity index (χ2n) is 10.2. The second kappa shape index (κ2) is 11.4. The first-order chi connectivity index (χ1) is 17.7. The molecule has 2 aliphatic rings. The standard InChI is InChI=1S/C27H34ClN5O4/c1-18(2)27(35)32-15-13-31(14-16-32)25-21(28)5-4-6-22(25)29-26(34)20-7-8-23(24(17-20)33(36)37)30-11-9-19(3)10-12-30/h4-8,17-19H,9-16H2,1-3H3,(H,29,34). The van der Waals surface area contributed by atoms with Crippen LogP contribution in [0.1, 0.15) is 44.0 Å². The van der Waals surface area contributed by atoms with Gasteiger partial charge < -0.3 is 20.0 Å². The van der Waals surface area contributed by atoms with Gasteiger partial charge in [0.2, 0.25) is 5.91 Å². The number of amides is 2. The van der Waals surface area contributed by atoms with Crippen LogP contribution in [0.2, 0.25) is 5.02 Å². The number of nitrogens with zero attached hydrogens (tertiary/aromatic N) is 4. The molecule has 0 aromatic heterocycles. The summed E-state index contributed by atoms with van der Waals surface area (Å²) in [6.45, 7) is 9.79. The number of hydrogen-bond donors (Lipinski definition) is 1. The summed E-state index contributed by atoms with van der Waals surface area (Å²) in [5.74, 6) is 0.219. The van der Waals surface area contributed by atoms with Crippen molar-refractivity contribution < 1.29 is 14.5 Å². The molecule has 0 saturated carbocycles. The molecule has 0 radical (unpaired) electrons. The van der Waals surface area contributed by atoms with Crippen molar-refractivity contribution in [1.82, 2.24) is 4.90 Å². The van der Waals surface area contributed by atoms with Crippen LogP contribution in [-0.2, 0) is 4.79 Å². The number of piperidine rings is 1. The van der Waals surface area contributed by atoms with Crippen LogP contribution < -0.4 is 15.1 Å². The van der Waals surface area contributed by atoms with Gasteiger partial charge in [-0.25, -0.2) is 0 Å². The van der Waals surface area contributed by atoms with Crippen molar-refractivity contribution in [2.24, 2.45) is 11.8 Å². The molecule has 10 heteroatoms. The minimum absolute atomic E-state index is 0.0596. The quantitative estimate of drug-likeness (QED) is 0.417. The van der Waals surface area contributed by atoms with E-state index in [4.69, 9.17) is 11.6 Å². The average Bonchev–Trinajstić information content (AvgIpc) is 2.88. The van der Waals surface area contributed by atoms with E-state index >= 15 is 0 Å². The Bertz CT molecular complexity index is 1170. The van der Waals surface area contributed by atoms with E-state index in [1.165, 1.54) is 6.07 Å². The maximum absolute atomic E-state index is 13.2. The first-order valence-corrected chi connectivity index (χ1v) is 13.2. The Labute approximate surface area is 222 Å². The number of halogens is 1. The number of para-hydroxylation sites is 1. The molecular weight excluding hydrogens is 494 g/mol. The lowest BCUT2D eigenvalue weighted by Gasteiger charge is -2.38. The molecule has 2 fully saturated rings. The van der Waals surface area contributed by atoms with E-state index in [2.05, 4.69) is 17.1 Å². The van der Waals surface area contributed by atoms with Gasteiger partial charge in [0.1, 0.15) is 5.69 Å². The van der Waals surface area contributed by atoms with Crippen molar-refractivity contribution >= 4 is 46.2 Å². The molecular formula is C27H34ClN5O4. The Balaban J connectivity index is 1.53. The highest BCUT2D eigenvalue weighted by atomic mass is 35.5. The van der Waals surface area contributed by atoms with Gasteiger partial charge in [-0.15, -0.1) is 0 Å². The lowest BCUT2D eigenvalue weighted by Crippen LogP contribution is -2.50. The molecule has 2 aromatic carbocycles. The largest absolute Gasteiger partial charge is 0.366 e. The maximum atomic E-state index is 13.2. The van der Waals surface area contributed by atoms with E-state index in [0.717, 1.165) is 25.9 Å². The van der Waals surface area contributed by atoms with Gasteiger partial charge in [-0.05, 0) is 43.0 Å². The maximum Gasteiger partial charge on any atom is 0.293 e. The lowest BCUT2D eigenvalue weighted by atomic mass is 9.98. The van der Waals surface area contributed by atoms with Crippen LogP contribution in [0.15, 0.2) is 36.4 Å². The molecule has 0 atom stereocenters. The predicted octanol–water partition coefficient (Wildman–Crippen LogP) is 5.04. The topological polar surface area (TPSA) is 99.0 Å². The third-order valence-electron chi connectivity index (χ3n) is 7.20. The molecule has 9 nitrogen and oxygen atoms in total. The Kier molecular flexibility index (Phi) is 8.22. The number of carbonyl (C=O) groups is 2. The van der Waals surface area contributed by atoms with E-state index in [9.17, 15) is 19.7 Å². The van der Waals surface area contributed by atoms with Gasteiger partial charge in [0.25, 0.3) is 11.6 Å². The van der Waals surface area contributed by atoms with Gasteiger partial charge in [-0.1, -0.05) is 38.4 Å². The van der Waals surface area contributed by atoms with Crippen molar-refractivity contribution in [1.29, 1.82) is 0 Å². The van der Waals surface area contributed by atoms with Crippen molar-refractivity contribution in [3.63, 3.8) is 0 Å². The monoisotopic (exact) mass is 527 g/mol. The minimum atomic E-state index is -0.445. The number of hydrogen-bond acceptors (Lipinski definition) is 6. The third kappa shape index (κ3) is 5.98. The number of rotatable bonds is 6. The van der Waals surface area contributed by atoms with Crippen LogP contribution >= 0.6 is 11.6 Å². The first-order valence-electron chi connectivity index (χ1n) is 12.8. The summed E-state index contributed by atoms with van der Waals surface area (Å²) in [6, 6.07) is 9.94. The van der Waals surface area contributed by atoms with Crippen molar-refractivity contribution in [2.45, 2.75) is 33.6 Å². The fourth-order valence-corrected chi connectivity index (χ4v) is 5.27. The molecule has 0 aliphatic carbocycles. The fourth-order valence-electron chi connectivity index (χ4n) is 4.98. The summed E-state index contributed by atoms with van der Waals surface area (Å²) in [7, 11) is 0. The van der Waals surface area contributed by atoms with E-state index in [1.807, 2.05) is 23.6 Å². The van der Waals surface area contributed by atoms with Gasteiger partial charge in [0.05, 0.1) is 21.3 Å². The highest BCUT2D eigenvalue weighted by molar-refractivity contribution is 6.34. The number of carbonyl (C=O) groups excluding carboxylic acids is 2. The van der Waals surface area contributed by atoms with Crippen molar-refractivity contribution in [2.75, 3.05) is 54.4 Å². The predicted molar refractivity (Wildman–Crippen MR) is 147 cm³/mol. The number of piperazine rings is 1. The van der Waals surface area contributed by atoms with Crippen LogP contribution in [0.3, 0.4) is 0 Å². The summed E-state index contributed by atoms with van der Waals surface area (Å²) in [5.41, 5.74) is 1.89. The van der Waals surface area contributed by atoms with Crippen molar-refractivity contribution in [3.8, 4) is 0 Å². The smallest absolute Gasteiger partial charge is 0.293 e. The number of nitro benzene ring substituents is 1.